The van der Waals surface area contributed by atoms with Gasteiger partial charge in [-0.2, -0.15) is 0 Å². The van der Waals surface area contributed by atoms with Gasteiger partial charge in [-0.25, -0.2) is 0 Å². The van der Waals surface area contributed by atoms with Gasteiger partial charge in [0.05, 0.1) is 0 Å². The second-order valence-electron chi connectivity index (χ2n) is 5.66. The monoisotopic (exact) mass is 365 g/mol. The van der Waals surface area contributed by atoms with Crippen molar-refractivity contribution in [2.75, 3.05) is 12.1 Å². The van der Waals surface area contributed by atoms with Crippen molar-refractivity contribution in [3.63, 3.8) is 0 Å². The Hall–Kier alpha value is -3.19. The molecule has 1 aliphatic rings. The predicted molar refractivity (Wildman–Crippen MR) is 100 cm³/mol. The fourth-order valence-electron chi connectivity index (χ4n) is 2.53. The summed E-state index contributed by atoms with van der Waals surface area (Å²) in [6.07, 6.45) is 3.16. The Bertz CT molecular complexity index is 997. The standard InChI is InChI=1S/C19H15N3O3S/c1-12-4-2-3-5-14(12)18-21-22-19(26-18)20-17(23)9-7-13-6-8-15-16(10-13)25-11-24-15/h2-10H,11H2,1H3,(H,20,22,23)/b9-7+. The number of aryl methyl sites for hydroxylation is 1. The molecule has 4 rings (SSSR count). The summed E-state index contributed by atoms with van der Waals surface area (Å²) >= 11 is 1.34. The molecular weight excluding hydrogens is 350 g/mol. The van der Waals surface area contributed by atoms with E-state index in [4.69, 9.17) is 9.47 Å². The number of benzene rings is 2. The average Bonchev–Trinajstić information content (AvgIpc) is 3.29. The summed E-state index contributed by atoms with van der Waals surface area (Å²) in [5.74, 6) is 1.12. The van der Waals surface area contributed by atoms with Crippen molar-refractivity contribution in [1.82, 2.24) is 10.2 Å². The lowest BCUT2D eigenvalue weighted by Crippen LogP contribution is -2.07. The van der Waals surface area contributed by atoms with E-state index in [0.717, 1.165) is 21.7 Å². The van der Waals surface area contributed by atoms with Gasteiger partial charge in [-0.15, -0.1) is 10.2 Å². The number of nitrogens with one attached hydrogen (secondary N) is 1. The van der Waals surface area contributed by atoms with Gasteiger partial charge in [-0.1, -0.05) is 41.7 Å². The Morgan fingerprint density at radius 2 is 2.00 bits per heavy atom. The largest absolute Gasteiger partial charge is 0.454 e. The lowest BCUT2D eigenvalue weighted by atomic mass is 10.1. The van der Waals surface area contributed by atoms with Crippen molar-refractivity contribution < 1.29 is 14.3 Å². The first-order valence-electron chi connectivity index (χ1n) is 7.97. The van der Waals surface area contributed by atoms with Crippen LogP contribution in [-0.4, -0.2) is 22.9 Å². The molecule has 3 aromatic rings. The Labute approximate surface area is 154 Å². The molecule has 130 valence electrons. The molecule has 0 aliphatic carbocycles. The molecule has 0 spiro atoms. The van der Waals surface area contributed by atoms with Crippen LogP contribution in [0.2, 0.25) is 0 Å². The van der Waals surface area contributed by atoms with Gasteiger partial charge >= 0.3 is 0 Å². The minimum atomic E-state index is -0.268. The third-order valence-corrected chi connectivity index (χ3v) is 4.73. The number of carbonyl (C=O) groups excluding carboxylic acids is 1. The van der Waals surface area contributed by atoms with E-state index in [1.165, 1.54) is 17.4 Å². The van der Waals surface area contributed by atoms with E-state index >= 15 is 0 Å². The van der Waals surface area contributed by atoms with E-state index in [2.05, 4.69) is 15.5 Å². The molecule has 0 bridgehead atoms. The zero-order valence-corrected chi connectivity index (χ0v) is 14.7. The van der Waals surface area contributed by atoms with E-state index in [-0.39, 0.29) is 12.7 Å². The van der Waals surface area contributed by atoms with Crippen LogP contribution in [0.15, 0.2) is 48.5 Å². The molecule has 0 saturated carbocycles. The molecule has 0 fully saturated rings. The summed E-state index contributed by atoms with van der Waals surface area (Å²) < 4.78 is 10.6. The molecule has 7 heteroatoms. The van der Waals surface area contributed by atoms with E-state index < -0.39 is 0 Å². The predicted octanol–water partition coefficient (Wildman–Crippen LogP) is 3.89. The summed E-state index contributed by atoms with van der Waals surface area (Å²) in [5.41, 5.74) is 2.98. The second-order valence-corrected chi connectivity index (χ2v) is 6.64. The van der Waals surface area contributed by atoms with Gasteiger partial charge in [0.1, 0.15) is 5.01 Å². The number of fused-ring (bicyclic) bond motifs is 1. The SMILES string of the molecule is Cc1ccccc1-c1nnc(NC(=O)/C=C/c2ccc3c(c2)OCO3)s1. The van der Waals surface area contributed by atoms with Crippen LogP contribution in [0.4, 0.5) is 5.13 Å². The van der Waals surface area contributed by atoms with Gasteiger partial charge < -0.3 is 9.47 Å². The first-order chi connectivity index (χ1) is 12.7. The highest BCUT2D eigenvalue weighted by Gasteiger charge is 2.13. The van der Waals surface area contributed by atoms with Gasteiger partial charge in [-0.05, 0) is 36.3 Å². The molecule has 1 aromatic heterocycles. The molecule has 0 atom stereocenters. The number of rotatable bonds is 4. The molecule has 2 aromatic carbocycles. The number of anilines is 1. The van der Waals surface area contributed by atoms with Crippen molar-refractivity contribution in [3.8, 4) is 22.1 Å². The number of ether oxygens (including phenoxy) is 2. The van der Waals surface area contributed by atoms with Crippen LogP contribution in [0.3, 0.4) is 0 Å². The molecule has 2 heterocycles. The molecule has 0 radical (unpaired) electrons. The van der Waals surface area contributed by atoms with Crippen LogP contribution in [0.25, 0.3) is 16.6 Å². The van der Waals surface area contributed by atoms with Crippen LogP contribution < -0.4 is 14.8 Å². The molecule has 26 heavy (non-hydrogen) atoms. The Kier molecular flexibility index (Phi) is 4.37. The highest BCUT2D eigenvalue weighted by Crippen LogP contribution is 2.33. The van der Waals surface area contributed by atoms with Crippen LogP contribution in [-0.2, 0) is 4.79 Å². The maximum atomic E-state index is 12.1. The van der Waals surface area contributed by atoms with E-state index in [1.54, 1.807) is 6.08 Å². The lowest BCUT2D eigenvalue weighted by molar-refractivity contribution is -0.111. The Morgan fingerprint density at radius 3 is 2.88 bits per heavy atom. The number of aromatic nitrogens is 2. The van der Waals surface area contributed by atoms with Crippen molar-refractivity contribution in [2.24, 2.45) is 0 Å². The summed E-state index contributed by atoms with van der Waals surface area (Å²) in [5, 5.41) is 12.2. The van der Waals surface area contributed by atoms with Crippen molar-refractivity contribution >= 4 is 28.5 Å². The Balaban J connectivity index is 1.43. The van der Waals surface area contributed by atoms with Crippen LogP contribution in [0.5, 0.6) is 11.5 Å². The van der Waals surface area contributed by atoms with Crippen LogP contribution in [0, 0.1) is 6.92 Å². The zero-order chi connectivity index (χ0) is 17.9. The normalized spacial score (nSPS) is 12.5. The summed E-state index contributed by atoms with van der Waals surface area (Å²) in [4.78, 5) is 12.1. The van der Waals surface area contributed by atoms with Gasteiger partial charge in [0.25, 0.3) is 0 Å². The highest BCUT2D eigenvalue weighted by molar-refractivity contribution is 7.18. The summed E-state index contributed by atoms with van der Waals surface area (Å²) in [6.45, 7) is 2.24. The first kappa shape index (κ1) is 16.3. The summed E-state index contributed by atoms with van der Waals surface area (Å²) in [7, 11) is 0. The minimum absolute atomic E-state index is 0.225. The fourth-order valence-corrected chi connectivity index (χ4v) is 3.37. The number of nitrogens with zero attached hydrogens (tertiary/aromatic N) is 2. The third kappa shape index (κ3) is 3.43. The van der Waals surface area contributed by atoms with Crippen molar-refractivity contribution in [2.45, 2.75) is 6.92 Å². The maximum absolute atomic E-state index is 12.1. The van der Waals surface area contributed by atoms with E-state index in [1.807, 2.05) is 49.4 Å². The van der Waals surface area contributed by atoms with Crippen LogP contribution >= 0.6 is 11.3 Å². The fraction of sp³-hybridized carbons (Fsp3) is 0.105. The quantitative estimate of drug-likeness (QED) is 0.710. The second kappa shape index (κ2) is 6.97. The number of hydrogen-bond acceptors (Lipinski definition) is 6. The minimum Gasteiger partial charge on any atom is -0.454 e. The molecule has 1 amide bonds. The Morgan fingerprint density at radius 1 is 1.15 bits per heavy atom. The topological polar surface area (TPSA) is 73.3 Å². The molecule has 0 unspecified atom stereocenters. The smallest absolute Gasteiger partial charge is 0.250 e. The molecule has 6 nitrogen and oxygen atoms in total. The lowest BCUT2D eigenvalue weighted by Gasteiger charge is -1.99. The zero-order valence-electron chi connectivity index (χ0n) is 13.9. The van der Waals surface area contributed by atoms with Gasteiger partial charge in [0, 0.05) is 11.6 Å². The number of carbonyl (C=O) groups is 1. The number of amides is 1. The average molecular weight is 365 g/mol. The third-order valence-electron chi connectivity index (χ3n) is 3.85. The van der Waals surface area contributed by atoms with Gasteiger partial charge in [0.2, 0.25) is 17.8 Å². The van der Waals surface area contributed by atoms with Gasteiger partial charge in [0.15, 0.2) is 11.5 Å². The first-order valence-corrected chi connectivity index (χ1v) is 8.79. The van der Waals surface area contributed by atoms with Crippen molar-refractivity contribution in [3.05, 3.63) is 59.7 Å². The molecule has 1 aliphatic heterocycles. The van der Waals surface area contributed by atoms with E-state index in [9.17, 15) is 4.79 Å². The summed E-state index contributed by atoms with van der Waals surface area (Å²) in [6, 6.07) is 13.4. The van der Waals surface area contributed by atoms with E-state index in [0.29, 0.717) is 16.6 Å². The van der Waals surface area contributed by atoms with Gasteiger partial charge in [-0.3, -0.25) is 10.1 Å². The molecule has 0 saturated heterocycles. The van der Waals surface area contributed by atoms with Crippen LogP contribution in [0.1, 0.15) is 11.1 Å². The number of hydrogen-bond donors (Lipinski definition) is 1. The molecule has 1 N–H and O–H groups in total. The molecular formula is C19H15N3O3S. The highest BCUT2D eigenvalue weighted by atomic mass is 32.1. The maximum Gasteiger partial charge on any atom is 0.250 e. The van der Waals surface area contributed by atoms with Crippen molar-refractivity contribution in [1.29, 1.82) is 0 Å².